The molecule has 1 aromatic rings. The predicted molar refractivity (Wildman–Crippen MR) is 57.0 cm³/mol. The van der Waals surface area contributed by atoms with Crippen LogP contribution in [0.2, 0.25) is 0 Å². The molecular formula is C8H12F3N3OS. The van der Waals surface area contributed by atoms with Gasteiger partial charge in [-0.25, -0.2) is 0 Å². The maximum atomic E-state index is 12.3. The van der Waals surface area contributed by atoms with Gasteiger partial charge in [-0.3, -0.25) is 0 Å². The maximum absolute atomic E-state index is 12.3. The van der Waals surface area contributed by atoms with E-state index in [4.69, 9.17) is 10.5 Å². The van der Waals surface area contributed by atoms with Gasteiger partial charge in [0.05, 0.1) is 7.11 Å². The molecule has 4 nitrogen and oxygen atoms in total. The number of hydrogen-bond acceptors (Lipinski definition) is 5. The van der Waals surface area contributed by atoms with Crippen LogP contribution in [-0.2, 0) is 0 Å². The molecule has 1 rings (SSSR count). The number of anilines is 2. The summed E-state index contributed by atoms with van der Waals surface area (Å²) in [7, 11) is 1.35. The minimum absolute atomic E-state index is 0.114. The first-order chi connectivity index (χ1) is 7.39. The lowest BCUT2D eigenvalue weighted by Crippen LogP contribution is -2.33. The average Bonchev–Trinajstić information content (AvgIpc) is 2.54. The van der Waals surface area contributed by atoms with Crippen LogP contribution in [0.25, 0.3) is 0 Å². The molecule has 0 aliphatic rings. The third-order valence-corrected chi connectivity index (χ3v) is 2.81. The molecule has 0 bridgehead atoms. The lowest BCUT2D eigenvalue weighted by molar-refractivity contribution is -0.119. The van der Waals surface area contributed by atoms with Crippen molar-refractivity contribution in [3.8, 4) is 5.75 Å². The Morgan fingerprint density at radius 1 is 1.50 bits per heavy atom. The Morgan fingerprint density at radius 3 is 2.56 bits per heavy atom. The standard InChI is InChI=1S/C8H12F3N3OS/c1-3-14(4-8(9,10)11)7-5(15-2)6(12)13-16-7/h3-4H2,1-2H3,(H2,12,13). The van der Waals surface area contributed by atoms with Gasteiger partial charge in [-0.15, -0.1) is 0 Å². The van der Waals surface area contributed by atoms with E-state index in [-0.39, 0.29) is 18.1 Å². The Hall–Kier alpha value is -1.18. The highest BCUT2D eigenvalue weighted by Gasteiger charge is 2.32. The zero-order chi connectivity index (χ0) is 12.3. The van der Waals surface area contributed by atoms with E-state index in [1.165, 1.54) is 7.11 Å². The lowest BCUT2D eigenvalue weighted by atomic mass is 10.4. The fraction of sp³-hybridized carbons (Fsp3) is 0.625. The van der Waals surface area contributed by atoms with Crippen molar-refractivity contribution >= 4 is 22.4 Å². The van der Waals surface area contributed by atoms with Crippen LogP contribution < -0.4 is 15.4 Å². The Morgan fingerprint density at radius 2 is 2.12 bits per heavy atom. The second kappa shape index (κ2) is 4.77. The summed E-state index contributed by atoms with van der Waals surface area (Å²) < 4.78 is 45.6. The van der Waals surface area contributed by atoms with E-state index < -0.39 is 12.7 Å². The summed E-state index contributed by atoms with van der Waals surface area (Å²) in [5.74, 6) is 0.319. The Balaban J connectivity index is 2.95. The van der Waals surface area contributed by atoms with E-state index in [1.54, 1.807) is 6.92 Å². The van der Waals surface area contributed by atoms with Gasteiger partial charge in [0, 0.05) is 6.54 Å². The van der Waals surface area contributed by atoms with E-state index in [0.717, 1.165) is 16.4 Å². The molecule has 0 aliphatic heterocycles. The number of rotatable bonds is 4. The molecule has 0 spiro atoms. The topological polar surface area (TPSA) is 51.4 Å². The molecule has 0 saturated carbocycles. The number of nitrogen functional groups attached to an aromatic ring is 1. The van der Waals surface area contributed by atoms with Crippen LogP contribution in [0, 0.1) is 0 Å². The van der Waals surface area contributed by atoms with Crippen LogP contribution in [0.3, 0.4) is 0 Å². The van der Waals surface area contributed by atoms with Crippen molar-refractivity contribution in [1.29, 1.82) is 0 Å². The molecule has 16 heavy (non-hydrogen) atoms. The van der Waals surface area contributed by atoms with Crippen molar-refractivity contribution < 1.29 is 17.9 Å². The summed E-state index contributed by atoms with van der Waals surface area (Å²) >= 11 is 0.900. The van der Waals surface area contributed by atoms with E-state index in [2.05, 4.69) is 4.37 Å². The van der Waals surface area contributed by atoms with Crippen LogP contribution in [0.15, 0.2) is 0 Å². The van der Waals surface area contributed by atoms with Gasteiger partial charge in [-0.05, 0) is 18.5 Å². The summed E-state index contributed by atoms with van der Waals surface area (Å²) in [5, 5.41) is 0.305. The third-order valence-electron chi connectivity index (χ3n) is 1.90. The van der Waals surface area contributed by atoms with Crippen molar-refractivity contribution in [2.75, 3.05) is 30.8 Å². The summed E-state index contributed by atoms with van der Waals surface area (Å²) in [4.78, 5) is 1.13. The Bertz CT molecular complexity index is 353. The molecule has 8 heteroatoms. The number of hydrogen-bond donors (Lipinski definition) is 1. The average molecular weight is 255 g/mol. The van der Waals surface area contributed by atoms with Crippen LogP contribution >= 0.6 is 11.5 Å². The van der Waals surface area contributed by atoms with E-state index in [0.29, 0.717) is 5.00 Å². The Labute approximate surface area is 95.0 Å². The van der Waals surface area contributed by atoms with Gasteiger partial charge < -0.3 is 15.4 Å². The number of nitrogens with zero attached hydrogens (tertiary/aromatic N) is 2. The van der Waals surface area contributed by atoms with E-state index in [1.807, 2.05) is 0 Å². The normalized spacial score (nSPS) is 11.6. The minimum Gasteiger partial charge on any atom is -0.490 e. The molecular weight excluding hydrogens is 243 g/mol. The smallest absolute Gasteiger partial charge is 0.405 e. The van der Waals surface area contributed by atoms with Gasteiger partial charge >= 0.3 is 6.18 Å². The molecule has 1 aromatic heterocycles. The number of ether oxygens (including phenoxy) is 1. The molecule has 1 heterocycles. The number of methoxy groups -OCH3 is 1. The van der Waals surface area contributed by atoms with Crippen molar-refractivity contribution in [2.24, 2.45) is 0 Å². The van der Waals surface area contributed by atoms with Gasteiger partial charge in [0.25, 0.3) is 0 Å². The summed E-state index contributed by atoms with van der Waals surface area (Å²) in [6, 6.07) is 0. The fourth-order valence-electron chi connectivity index (χ4n) is 1.22. The molecule has 2 N–H and O–H groups in total. The quantitative estimate of drug-likeness (QED) is 0.895. The zero-order valence-electron chi connectivity index (χ0n) is 8.84. The molecule has 0 atom stereocenters. The van der Waals surface area contributed by atoms with Crippen molar-refractivity contribution in [3.05, 3.63) is 0 Å². The highest BCUT2D eigenvalue weighted by atomic mass is 32.1. The summed E-state index contributed by atoms with van der Waals surface area (Å²) in [5.41, 5.74) is 5.47. The first-order valence-corrected chi connectivity index (χ1v) is 5.27. The Kier molecular flexibility index (Phi) is 3.84. The van der Waals surface area contributed by atoms with Crippen LogP contribution in [0.5, 0.6) is 5.75 Å². The lowest BCUT2D eigenvalue weighted by Gasteiger charge is -2.22. The number of halogens is 3. The summed E-state index contributed by atoms with van der Waals surface area (Å²) in [6.07, 6.45) is -4.26. The first-order valence-electron chi connectivity index (χ1n) is 4.50. The molecule has 0 unspecified atom stereocenters. The minimum atomic E-state index is -4.26. The van der Waals surface area contributed by atoms with Gasteiger partial charge in [-0.1, -0.05) is 0 Å². The van der Waals surface area contributed by atoms with Crippen molar-refractivity contribution in [1.82, 2.24) is 4.37 Å². The largest absolute Gasteiger partial charge is 0.490 e. The molecule has 0 saturated heterocycles. The molecule has 0 aromatic carbocycles. The number of alkyl halides is 3. The molecule has 0 amide bonds. The zero-order valence-corrected chi connectivity index (χ0v) is 9.65. The van der Waals surface area contributed by atoms with Gasteiger partial charge in [0.2, 0.25) is 0 Å². The highest BCUT2D eigenvalue weighted by molar-refractivity contribution is 7.11. The van der Waals surface area contributed by atoms with E-state index in [9.17, 15) is 13.2 Å². The maximum Gasteiger partial charge on any atom is 0.405 e. The predicted octanol–water partition coefficient (Wildman–Crippen LogP) is 2.12. The van der Waals surface area contributed by atoms with Crippen molar-refractivity contribution in [2.45, 2.75) is 13.1 Å². The van der Waals surface area contributed by atoms with Crippen LogP contribution in [0.4, 0.5) is 24.0 Å². The number of aromatic nitrogens is 1. The molecule has 92 valence electrons. The van der Waals surface area contributed by atoms with Crippen LogP contribution in [0.1, 0.15) is 6.92 Å². The van der Waals surface area contributed by atoms with Gasteiger partial charge in [0.15, 0.2) is 16.6 Å². The number of nitrogens with two attached hydrogens (primary N) is 1. The molecule has 0 fully saturated rings. The van der Waals surface area contributed by atoms with Crippen LogP contribution in [-0.4, -0.2) is 30.7 Å². The monoisotopic (exact) mass is 255 g/mol. The summed E-state index contributed by atoms with van der Waals surface area (Å²) in [6.45, 7) is 0.792. The SMILES string of the molecule is CCN(CC(F)(F)F)c1snc(N)c1OC. The molecule has 0 radical (unpaired) electrons. The van der Waals surface area contributed by atoms with Crippen molar-refractivity contribution in [3.63, 3.8) is 0 Å². The fourth-order valence-corrected chi connectivity index (χ4v) is 2.07. The van der Waals surface area contributed by atoms with Gasteiger partial charge in [0.1, 0.15) is 6.54 Å². The second-order valence-electron chi connectivity index (χ2n) is 3.04. The van der Waals surface area contributed by atoms with Gasteiger partial charge in [-0.2, -0.15) is 17.5 Å². The second-order valence-corrected chi connectivity index (χ2v) is 3.79. The first kappa shape index (κ1) is 12.9. The molecule has 0 aliphatic carbocycles. The highest BCUT2D eigenvalue weighted by Crippen LogP contribution is 2.38. The third kappa shape index (κ3) is 2.91. The van der Waals surface area contributed by atoms with E-state index >= 15 is 0 Å².